The van der Waals surface area contributed by atoms with Gasteiger partial charge in [0.2, 0.25) is 0 Å². The van der Waals surface area contributed by atoms with Crippen LogP contribution >= 0.6 is 22.7 Å². The molecule has 2 unspecified atom stereocenters. The molecule has 0 saturated carbocycles. The van der Waals surface area contributed by atoms with Gasteiger partial charge in [-0.1, -0.05) is 13.0 Å². The molecule has 2 atom stereocenters. The normalized spacial score (nSPS) is 13.6. The molecule has 2 heterocycles. The Morgan fingerprint density at radius 2 is 2.10 bits per heavy atom. The van der Waals surface area contributed by atoms with Crippen molar-refractivity contribution in [1.29, 1.82) is 0 Å². The number of aliphatic hydroxyl groups excluding tert-OH is 1. The molecule has 3 N–H and O–H groups in total. The van der Waals surface area contributed by atoms with E-state index in [0.717, 1.165) is 12.0 Å². The van der Waals surface area contributed by atoms with Gasteiger partial charge in [0.05, 0.1) is 6.10 Å². The SMILES string of the molecule is CC(CNC(=O)NCC(O)c1ccsc1)Cc1cccs1. The molecule has 2 aromatic rings. The topological polar surface area (TPSA) is 61.4 Å². The molecule has 0 radical (unpaired) electrons. The molecule has 0 aliphatic carbocycles. The average molecular weight is 324 g/mol. The van der Waals surface area contributed by atoms with E-state index in [4.69, 9.17) is 0 Å². The molecule has 2 rings (SSSR count). The van der Waals surface area contributed by atoms with Crippen molar-refractivity contribution in [2.45, 2.75) is 19.4 Å². The lowest BCUT2D eigenvalue weighted by Gasteiger charge is -2.14. The molecular formula is C15H20N2O2S2. The first-order valence-electron chi connectivity index (χ1n) is 6.89. The van der Waals surface area contributed by atoms with Crippen molar-refractivity contribution >= 4 is 28.7 Å². The summed E-state index contributed by atoms with van der Waals surface area (Å²) in [6.07, 6.45) is 0.320. The fraction of sp³-hybridized carbons (Fsp3) is 0.400. The van der Waals surface area contributed by atoms with Crippen molar-refractivity contribution in [2.24, 2.45) is 5.92 Å². The molecule has 0 fully saturated rings. The number of urea groups is 1. The van der Waals surface area contributed by atoms with Gasteiger partial charge in [-0.05, 0) is 46.2 Å². The van der Waals surface area contributed by atoms with Crippen LogP contribution < -0.4 is 10.6 Å². The summed E-state index contributed by atoms with van der Waals surface area (Å²) in [4.78, 5) is 13.0. The van der Waals surface area contributed by atoms with E-state index < -0.39 is 6.10 Å². The Hall–Kier alpha value is -1.37. The number of hydrogen-bond acceptors (Lipinski definition) is 4. The molecule has 4 nitrogen and oxygen atoms in total. The maximum atomic E-state index is 11.7. The van der Waals surface area contributed by atoms with E-state index in [-0.39, 0.29) is 12.6 Å². The minimum absolute atomic E-state index is 0.224. The molecule has 0 aromatic carbocycles. The zero-order valence-corrected chi connectivity index (χ0v) is 13.5. The van der Waals surface area contributed by atoms with Crippen molar-refractivity contribution in [2.75, 3.05) is 13.1 Å². The summed E-state index contributed by atoms with van der Waals surface area (Å²) in [5.74, 6) is 0.385. The summed E-state index contributed by atoms with van der Waals surface area (Å²) >= 11 is 3.27. The van der Waals surface area contributed by atoms with Gasteiger partial charge < -0.3 is 15.7 Å². The van der Waals surface area contributed by atoms with Crippen LogP contribution in [0.15, 0.2) is 34.3 Å². The van der Waals surface area contributed by atoms with Crippen LogP contribution in [0, 0.1) is 5.92 Å². The van der Waals surface area contributed by atoms with Gasteiger partial charge in [-0.3, -0.25) is 0 Å². The number of hydrogen-bond donors (Lipinski definition) is 3. The number of thiophene rings is 2. The summed E-state index contributed by atoms with van der Waals surface area (Å²) in [5.41, 5.74) is 0.839. The highest BCUT2D eigenvalue weighted by molar-refractivity contribution is 7.09. The fourth-order valence-corrected chi connectivity index (χ4v) is 3.52. The number of aliphatic hydroxyl groups is 1. The Kier molecular flexibility index (Phi) is 6.22. The van der Waals surface area contributed by atoms with Gasteiger partial charge in [0, 0.05) is 18.0 Å². The molecule has 2 amide bonds. The molecule has 6 heteroatoms. The first-order chi connectivity index (χ1) is 10.1. The zero-order valence-electron chi connectivity index (χ0n) is 11.9. The van der Waals surface area contributed by atoms with Crippen LogP contribution in [0.3, 0.4) is 0 Å². The Morgan fingerprint density at radius 3 is 2.76 bits per heavy atom. The van der Waals surface area contributed by atoms with Crippen molar-refractivity contribution < 1.29 is 9.90 Å². The third-order valence-electron chi connectivity index (χ3n) is 3.12. The van der Waals surface area contributed by atoms with Gasteiger partial charge in [-0.15, -0.1) is 11.3 Å². The number of carbonyl (C=O) groups is 1. The summed E-state index contributed by atoms with van der Waals surface area (Å²) in [7, 11) is 0. The Morgan fingerprint density at radius 1 is 1.29 bits per heavy atom. The number of nitrogens with one attached hydrogen (secondary N) is 2. The highest BCUT2D eigenvalue weighted by Gasteiger charge is 2.11. The lowest BCUT2D eigenvalue weighted by Crippen LogP contribution is -2.39. The van der Waals surface area contributed by atoms with Crippen molar-refractivity contribution in [3.8, 4) is 0 Å². The summed E-state index contributed by atoms with van der Waals surface area (Å²) in [5, 5.41) is 21.3. The Bertz CT molecular complexity index is 526. The van der Waals surface area contributed by atoms with Gasteiger partial charge in [-0.25, -0.2) is 4.79 Å². The highest BCUT2D eigenvalue weighted by atomic mass is 32.1. The maximum absolute atomic E-state index is 11.7. The van der Waals surface area contributed by atoms with Crippen LogP contribution in [0.5, 0.6) is 0 Å². The average Bonchev–Trinajstić information content (AvgIpc) is 3.15. The lowest BCUT2D eigenvalue weighted by atomic mass is 10.1. The monoisotopic (exact) mass is 324 g/mol. The Labute approximate surface area is 132 Å². The molecular weight excluding hydrogens is 304 g/mol. The predicted octanol–water partition coefficient (Wildman–Crippen LogP) is 3.02. The quantitative estimate of drug-likeness (QED) is 0.733. The van der Waals surface area contributed by atoms with Crippen molar-refractivity contribution in [3.05, 3.63) is 44.8 Å². The second-order valence-electron chi connectivity index (χ2n) is 5.05. The van der Waals surface area contributed by atoms with E-state index in [9.17, 15) is 9.90 Å². The van der Waals surface area contributed by atoms with E-state index in [2.05, 4.69) is 29.0 Å². The molecule has 0 saturated heterocycles. The van der Waals surface area contributed by atoms with Crippen LogP contribution in [0.1, 0.15) is 23.5 Å². The van der Waals surface area contributed by atoms with Gasteiger partial charge in [-0.2, -0.15) is 11.3 Å². The van der Waals surface area contributed by atoms with Crippen molar-refractivity contribution in [1.82, 2.24) is 10.6 Å². The zero-order chi connectivity index (χ0) is 15.1. The van der Waals surface area contributed by atoms with E-state index in [1.165, 1.54) is 16.2 Å². The number of amides is 2. The van der Waals surface area contributed by atoms with Crippen LogP contribution in [0.4, 0.5) is 4.79 Å². The smallest absolute Gasteiger partial charge is 0.314 e. The summed E-state index contributed by atoms with van der Waals surface area (Å²) < 4.78 is 0. The van der Waals surface area contributed by atoms with Gasteiger partial charge in [0.25, 0.3) is 0 Å². The predicted molar refractivity (Wildman–Crippen MR) is 87.9 cm³/mol. The van der Waals surface area contributed by atoms with Crippen LogP contribution in [0.2, 0.25) is 0 Å². The largest absolute Gasteiger partial charge is 0.387 e. The van der Waals surface area contributed by atoms with Gasteiger partial charge >= 0.3 is 6.03 Å². The van der Waals surface area contributed by atoms with E-state index in [1.807, 2.05) is 22.9 Å². The van der Waals surface area contributed by atoms with E-state index in [0.29, 0.717) is 12.5 Å². The van der Waals surface area contributed by atoms with Crippen LogP contribution in [0.25, 0.3) is 0 Å². The molecule has 0 aliphatic rings. The second kappa shape index (κ2) is 8.17. The van der Waals surface area contributed by atoms with Crippen molar-refractivity contribution in [3.63, 3.8) is 0 Å². The van der Waals surface area contributed by atoms with Gasteiger partial charge in [0.15, 0.2) is 0 Å². The molecule has 21 heavy (non-hydrogen) atoms. The third kappa shape index (κ3) is 5.49. The molecule has 0 aliphatic heterocycles. The van der Waals surface area contributed by atoms with E-state index in [1.54, 1.807) is 11.3 Å². The minimum Gasteiger partial charge on any atom is -0.387 e. The maximum Gasteiger partial charge on any atom is 0.314 e. The Balaban J connectivity index is 1.63. The first-order valence-corrected chi connectivity index (χ1v) is 8.71. The fourth-order valence-electron chi connectivity index (χ4n) is 1.95. The second-order valence-corrected chi connectivity index (χ2v) is 6.86. The highest BCUT2D eigenvalue weighted by Crippen LogP contribution is 2.15. The van der Waals surface area contributed by atoms with E-state index >= 15 is 0 Å². The minimum atomic E-state index is -0.648. The molecule has 2 aromatic heterocycles. The standard InChI is InChI=1S/C15H20N2O2S2/c1-11(7-13-3-2-5-21-13)8-16-15(19)17-9-14(18)12-4-6-20-10-12/h2-6,10-11,14,18H,7-9H2,1H3,(H2,16,17,19). The molecule has 0 spiro atoms. The summed E-state index contributed by atoms with van der Waals surface area (Å²) in [6, 6.07) is 5.78. The molecule has 0 bridgehead atoms. The number of carbonyl (C=O) groups excluding carboxylic acids is 1. The lowest BCUT2D eigenvalue weighted by molar-refractivity contribution is 0.173. The molecule has 114 valence electrons. The summed E-state index contributed by atoms with van der Waals surface area (Å²) in [6.45, 7) is 2.96. The van der Waals surface area contributed by atoms with Gasteiger partial charge in [0.1, 0.15) is 0 Å². The third-order valence-corrected chi connectivity index (χ3v) is 4.72. The first kappa shape index (κ1) is 16.0. The number of rotatable bonds is 7. The van der Waals surface area contributed by atoms with Crippen LogP contribution in [-0.4, -0.2) is 24.2 Å². The van der Waals surface area contributed by atoms with Crippen LogP contribution in [-0.2, 0) is 6.42 Å².